The second-order valence-corrected chi connectivity index (χ2v) is 4.19. The molecule has 82 valence electrons. The van der Waals surface area contributed by atoms with E-state index in [1.165, 1.54) is 17.7 Å². The highest BCUT2D eigenvalue weighted by molar-refractivity contribution is 5.56. The van der Waals surface area contributed by atoms with E-state index in [-0.39, 0.29) is 0 Å². The van der Waals surface area contributed by atoms with Crippen LogP contribution in [0.2, 0.25) is 0 Å². The molecule has 0 saturated carbocycles. The summed E-state index contributed by atoms with van der Waals surface area (Å²) in [7, 11) is 0. The Balaban J connectivity index is 1.95. The molecule has 1 aliphatic heterocycles. The first-order valence-corrected chi connectivity index (χ1v) is 5.90. The highest BCUT2D eigenvalue weighted by atomic mass is 15.1. The molecule has 0 aliphatic carbocycles. The van der Waals surface area contributed by atoms with E-state index in [4.69, 9.17) is 0 Å². The monoisotopic (exact) mass is 204 g/mol. The molecule has 0 aromatic heterocycles. The third kappa shape index (κ3) is 2.32. The molecule has 2 nitrogen and oxygen atoms in total. The van der Waals surface area contributed by atoms with Crippen LogP contribution in [-0.2, 0) is 6.42 Å². The largest absolute Gasteiger partial charge is 0.380 e. The fourth-order valence-corrected chi connectivity index (χ4v) is 2.28. The predicted octanol–water partition coefficient (Wildman–Crippen LogP) is 2.37. The maximum absolute atomic E-state index is 3.59. The van der Waals surface area contributed by atoms with Gasteiger partial charge in [0.15, 0.2) is 0 Å². The zero-order chi connectivity index (χ0) is 10.7. The molecule has 0 bridgehead atoms. The average Bonchev–Trinajstić information content (AvgIpc) is 2.68. The summed E-state index contributed by atoms with van der Waals surface area (Å²) in [5, 5.41) is 3.59. The van der Waals surface area contributed by atoms with Crippen LogP contribution in [0.5, 0.6) is 0 Å². The maximum Gasteiger partial charge on any atom is 0.0429 e. The van der Waals surface area contributed by atoms with Crippen molar-refractivity contribution >= 4 is 5.69 Å². The van der Waals surface area contributed by atoms with Crippen LogP contribution in [0.3, 0.4) is 0 Å². The molecule has 0 radical (unpaired) electrons. The van der Waals surface area contributed by atoms with Crippen LogP contribution in [0.25, 0.3) is 0 Å². The number of nitrogens with zero attached hydrogens (tertiary/aromatic N) is 1. The Morgan fingerprint density at radius 2 is 2.00 bits per heavy atom. The molecule has 1 aromatic carbocycles. The zero-order valence-electron chi connectivity index (χ0n) is 9.66. The number of para-hydroxylation sites is 1. The van der Waals surface area contributed by atoms with Crippen LogP contribution in [0, 0.1) is 0 Å². The molecular weight excluding hydrogens is 184 g/mol. The van der Waals surface area contributed by atoms with Crippen molar-refractivity contribution in [2.24, 2.45) is 0 Å². The highest BCUT2D eigenvalue weighted by Gasteiger charge is 2.20. The Labute approximate surface area is 92.3 Å². The third-order valence-electron chi connectivity index (χ3n) is 3.22. The normalized spacial score (nSPS) is 19.0. The summed E-state index contributed by atoms with van der Waals surface area (Å²) >= 11 is 0. The fourth-order valence-electron chi connectivity index (χ4n) is 2.28. The molecule has 0 unspecified atom stereocenters. The minimum absolute atomic E-state index is 0.599. The van der Waals surface area contributed by atoms with Gasteiger partial charge in [-0.15, -0.1) is 0 Å². The van der Waals surface area contributed by atoms with Crippen molar-refractivity contribution in [2.45, 2.75) is 26.3 Å². The number of hydrogen-bond donors (Lipinski definition) is 1. The van der Waals surface area contributed by atoms with Gasteiger partial charge in [0.25, 0.3) is 0 Å². The number of anilines is 1. The summed E-state index contributed by atoms with van der Waals surface area (Å²) in [6.07, 6.45) is 1.17. The minimum atomic E-state index is 0.599. The van der Waals surface area contributed by atoms with Crippen molar-refractivity contribution in [1.29, 1.82) is 0 Å². The van der Waals surface area contributed by atoms with E-state index in [1.54, 1.807) is 0 Å². The fraction of sp³-hybridized carbons (Fsp3) is 0.538. The van der Waals surface area contributed by atoms with Crippen LogP contribution >= 0.6 is 0 Å². The quantitative estimate of drug-likeness (QED) is 0.810. The molecule has 1 atom stereocenters. The molecule has 0 fully saturated rings. The first-order valence-electron chi connectivity index (χ1n) is 5.90. The number of likely N-dealkylation sites (N-methyl/N-ethyl adjacent to an activating group) is 1. The summed E-state index contributed by atoms with van der Waals surface area (Å²) in [4.78, 5) is 2.48. The number of rotatable bonds is 4. The molecule has 0 spiro atoms. The van der Waals surface area contributed by atoms with E-state index >= 15 is 0 Å². The molecule has 0 saturated heterocycles. The molecule has 2 rings (SSSR count). The molecule has 1 aromatic rings. The zero-order valence-corrected chi connectivity index (χ0v) is 9.66. The van der Waals surface area contributed by atoms with Gasteiger partial charge >= 0.3 is 0 Å². The van der Waals surface area contributed by atoms with Crippen LogP contribution in [0.15, 0.2) is 24.3 Å². The standard InChI is InChI=1S/C13H20N2/c1-3-15(4-2)10-12-9-11-7-5-6-8-13(11)14-12/h5-8,12,14H,3-4,9-10H2,1-2H3/t12-/m1/s1. The Kier molecular flexibility index (Phi) is 3.27. The third-order valence-corrected chi connectivity index (χ3v) is 3.22. The summed E-state index contributed by atoms with van der Waals surface area (Å²) in [6, 6.07) is 9.23. The highest BCUT2D eigenvalue weighted by Crippen LogP contribution is 2.25. The van der Waals surface area contributed by atoms with E-state index in [1.807, 2.05) is 0 Å². The van der Waals surface area contributed by atoms with Gasteiger partial charge in [-0.3, -0.25) is 0 Å². The van der Waals surface area contributed by atoms with Crippen molar-refractivity contribution < 1.29 is 0 Å². The second-order valence-electron chi connectivity index (χ2n) is 4.19. The lowest BCUT2D eigenvalue weighted by Gasteiger charge is -2.22. The van der Waals surface area contributed by atoms with Gasteiger partial charge in [0, 0.05) is 18.3 Å². The minimum Gasteiger partial charge on any atom is -0.380 e. The first-order chi connectivity index (χ1) is 7.33. The molecule has 15 heavy (non-hydrogen) atoms. The number of nitrogens with one attached hydrogen (secondary N) is 1. The van der Waals surface area contributed by atoms with E-state index in [0.29, 0.717) is 6.04 Å². The molecule has 1 heterocycles. The second kappa shape index (κ2) is 4.67. The Morgan fingerprint density at radius 3 is 2.67 bits per heavy atom. The van der Waals surface area contributed by atoms with Gasteiger partial charge in [-0.05, 0) is 31.1 Å². The summed E-state index contributed by atoms with van der Waals surface area (Å²) in [5.41, 5.74) is 2.80. The van der Waals surface area contributed by atoms with Crippen LogP contribution in [-0.4, -0.2) is 30.6 Å². The van der Waals surface area contributed by atoms with Crippen molar-refractivity contribution in [1.82, 2.24) is 4.90 Å². The van der Waals surface area contributed by atoms with Crippen molar-refractivity contribution in [3.05, 3.63) is 29.8 Å². The van der Waals surface area contributed by atoms with Gasteiger partial charge in [-0.1, -0.05) is 32.0 Å². The topological polar surface area (TPSA) is 15.3 Å². The lowest BCUT2D eigenvalue weighted by Crippen LogP contribution is -2.35. The SMILES string of the molecule is CCN(CC)C[C@H]1Cc2ccccc2N1. The van der Waals surface area contributed by atoms with Gasteiger partial charge in [0.05, 0.1) is 0 Å². The van der Waals surface area contributed by atoms with Crippen LogP contribution < -0.4 is 5.32 Å². The van der Waals surface area contributed by atoms with Gasteiger partial charge in [-0.25, -0.2) is 0 Å². The van der Waals surface area contributed by atoms with Gasteiger partial charge in [-0.2, -0.15) is 0 Å². The maximum atomic E-state index is 3.59. The Bertz CT molecular complexity index is 293. The Morgan fingerprint density at radius 1 is 1.27 bits per heavy atom. The van der Waals surface area contributed by atoms with Gasteiger partial charge in [0.1, 0.15) is 0 Å². The van der Waals surface area contributed by atoms with Gasteiger partial charge in [0.2, 0.25) is 0 Å². The lowest BCUT2D eigenvalue weighted by atomic mass is 10.1. The summed E-state index contributed by atoms with van der Waals surface area (Å²) < 4.78 is 0. The first kappa shape index (κ1) is 10.5. The average molecular weight is 204 g/mol. The smallest absolute Gasteiger partial charge is 0.0429 e. The molecule has 1 N–H and O–H groups in total. The summed E-state index contributed by atoms with van der Waals surface area (Å²) in [5.74, 6) is 0. The lowest BCUT2D eigenvalue weighted by molar-refractivity contribution is 0.291. The molecular formula is C13H20N2. The van der Waals surface area contributed by atoms with E-state index in [0.717, 1.165) is 19.6 Å². The van der Waals surface area contributed by atoms with Gasteiger partial charge < -0.3 is 10.2 Å². The van der Waals surface area contributed by atoms with E-state index in [9.17, 15) is 0 Å². The molecule has 1 aliphatic rings. The number of fused-ring (bicyclic) bond motifs is 1. The van der Waals surface area contributed by atoms with E-state index < -0.39 is 0 Å². The van der Waals surface area contributed by atoms with Crippen molar-refractivity contribution in [3.8, 4) is 0 Å². The van der Waals surface area contributed by atoms with Crippen molar-refractivity contribution in [2.75, 3.05) is 25.0 Å². The number of benzene rings is 1. The summed E-state index contributed by atoms with van der Waals surface area (Å²) in [6.45, 7) is 7.90. The van der Waals surface area contributed by atoms with Crippen LogP contribution in [0.1, 0.15) is 19.4 Å². The molecule has 0 amide bonds. The Hall–Kier alpha value is -1.02. The van der Waals surface area contributed by atoms with Crippen molar-refractivity contribution in [3.63, 3.8) is 0 Å². The number of hydrogen-bond acceptors (Lipinski definition) is 2. The van der Waals surface area contributed by atoms with Crippen LogP contribution in [0.4, 0.5) is 5.69 Å². The molecule has 2 heteroatoms. The predicted molar refractivity (Wildman–Crippen MR) is 65.3 cm³/mol. The van der Waals surface area contributed by atoms with E-state index in [2.05, 4.69) is 48.3 Å².